The number of hydrogen-bond donors (Lipinski definition) is 1. The summed E-state index contributed by atoms with van der Waals surface area (Å²) < 4.78 is 0. The summed E-state index contributed by atoms with van der Waals surface area (Å²) in [5, 5.41) is 12.2. The van der Waals surface area contributed by atoms with Crippen molar-refractivity contribution in [2.75, 3.05) is 5.32 Å². The van der Waals surface area contributed by atoms with Gasteiger partial charge in [0.25, 0.3) is 0 Å². The number of nitrogens with zero attached hydrogens (tertiary/aromatic N) is 1. The number of nitrogens with one attached hydrogen (secondary N) is 1. The first kappa shape index (κ1) is 13.0. The predicted octanol–water partition coefficient (Wildman–Crippen LogP) is 4.97. The lowest BCUT2D eigenvalue weighted by Gasteiger charge is -2.08. The van der Waals surface area contributed by atoms with Gasteiger partial charge in [0.1, 0.15) is 0 Å². The predicted molar refractivity (Wildman–Crippen MR) is 86.3 cm³/mol. The second-order valence-electron chi connectivity index (χ2n) is 4.76. The van der Waals surface area contributed by atoms with Crippen molar-refractivity contribution < 1.29 is 0 Å². The van der Waals surface area contributed by atoms with Gasteiger partial charge in [-0.15, -0.1) is 0 Å². The van der Waals surface area contributed by atoms with Crippen LogP contribution in [0.1, 0.15) is 5.56 Å². The van der Waals surface area contributed by atoms with Crippen molar-refractivity contribution in [2.24, 2.45) is 0 Å². The molecule has 0 radical (unpaired) electrons. The molecule has 100 valence electrons. The third kappa shape index (κ3) is 3.10. The Labute approximate surface area is 124 Å². The monoisotopic (exact) mass is 270 g/mol. The van der Waals surface area contributed by atoms with Crippen LogP contribution in [0.4, 0.5) is 11.4 Å². The summed E-state index contributed by atoms with van der Waals surface area (Å²) >= 11 is 0. The number of nitriles is 1. The lowest BCUT2D eigenvalue weighted by molar-refractivity contribution is 1.47. The van der Waals surface area contributed by atoms with Gasteiger partial charge < -0.3 is 5.32 Å². The van der Waals surface area contributed by atoms with E-state index in [0.717, 1.165) is 11.4 Å². The number of rotatable bonds is 3. The summed E-state index contributed by atoms with van der Waals surface area (Å²) in [6, 6.07) is 28.1. The van der Waals surface area contributed by atoms with Crippen LogP contribution in [0, 0.1) is 11.3 Å². The maximum absolute atomic E-state index is 8.91. The Bertz CT molecular complexity index is 769. The van der Waals surface area contributed by atoms with Gasteiger partial charge in [0, 0.05) is 11.4 Å². The summed E-state index contributed by atoms with van der Waals surface area (Å²) in [7, 11) is 0. The minimum absolute atomic E-state index is 0.654. The van der Waals surface area contributed by atoms with E-state index in [9.17, 15) is 0 Å². The van der Waals surface area contributed by atoms with E-state index in [4.69, 9.17) is 5.26 Å². The molecule has 0 saturated carbocycles. The van der Waals surface area contributed by atoms with Crippen molar-refractivity contribution in [1.82, 2.24) is 0 Å². The highest BCUT2D eigenvalue weighted by Gasteiger charge is 1.99. The van der Waals surface area contributed by atoms with Crippen molar-refractivity contribution in [3.63, 3.8) is 0 Å². The van der Waals surface area contributed by atoms with Crippen molar-refractivity contribution in [3.05, 3.63) is 84.4 Å². The molecule has 0 fully saturated rings. The first-order chi connectivity index (χ1) is 10.3. The highest BCUT2D eigenvalue weighted by molar-refractivity contribution is 5.68. The largest absolute Gasteiger partial charge is 0.355 e. The zero-order valence-electron chi connectivity index (χ0n) is 11.5. The van der Waals surface area contributed by atoms with Crippen LogP contribution in [-0.4, -0.2) is 0 Å². The van der Waals surface area contributed by atoms with Crippen molar-refractivity contribution in [3.8, 4) is 17.2 Å². The maximum Gasteiger partial charge on any atom is 0.0992 e. The molecule has 0 spiro atoms. The molecule has 0 amide bonds. The van der Waals surface area contributed by atoms with Gasteiger partial charge in [0.05, 0.1) is 11.6 Å². The first-order valence-corrected chi connectivity index (χ1v) is 6.78. The normalized spacial score (nSPS) is 9.86. The number of anilines is 2. The Morgan fingerprint density at radius 2 is 1.38 bits per heavy atom. The molecule has 0 unspecified atom stereocenters. The average Bonchev–Trinajstić information content (AvgIpc) is 2.56. The topological polar surface area (TPSA) is 35.8 Å². The van der Waals surface area contributed by atoms with E-state index in [0.29, 0.717) is 5.56 Å². The van der Waals surface area contributed by atoms with Crippen LogP contribution in [-0.2, 0) is 0 Å². The molecule has 3 aromatic carbocycles. The molecular weight excluding hydrogens is 256 g/mol. The van der Waals surface area contributed by atoms with Crippen LogP contribution < -0.4 is 5.32 Å². The average molecular weight is 270 g/mol. The Hall–Kier alpha value is -3.05. The smallest absolute Gasteiger partial charge is 0.0992 e. The van der Waals surface area contributed by atoms with Crippen LogP contribution in [0.5, 0.6) is 0 Å². The quantitative estimate of drug-likeness (QED) is 0.729. The highest BCUT2D eigenvalue weighted by atomic mass is 14.9. The lowest BCUT2D eigenvalue weighted by atomic mass is 10.1. The lowest BCUT2D eigenvalue weighted by Crippen LogP contribution is -1.90. The van der Waals surface area contributed by atoms with E-state index < -0.39 is 0 Å². The minimum atomic E-state index is 0.654. The van der Waals surface area contributed by atoms with E-state index in [2.05, 4.69) is 35.7 Å². The summed E-state index contributed by atoms with van der Waals surface area (Å²) in [6.07, 6.45) is 0. The van der Waals surface area contributed by atoms with Gasteiger partial charge in [-0.1, -0.05) is 48.5 Å². The van der Waals surface area contributed by atoms with Gasteiger partial charge in [-0.05, 0) is 41.5 Å². The number of benzene rings is 3. The molecule has 0 aliphatic rings. The second-order valence-corrected chi connectivity index (χ2v) is 4.76. The van der Waals surface area contributed by atoms with Gasteiger partial charge in [-0.25, -0.2) is 0 Å². The molecule has 1 N–H and O–H groups in total. The second kappa shape index (κ2) is 5.94. The Kier molecular flexibility index (Phi) is 3.66. The fourth-order valence-corrected chi connectivity index (χ4v) is 2.21. The molecule has 0 heterocycles. The van der Waals surface area contributed by atoms with Crippen LogP contribution in [0.3, 0.4) is 0 Å². The molecule has 0 aliphatic heterocycles. The van der Waals surface area contributed by atoms with E-state index in [1.807, 2.05) is 48.5 Å². The van der Waals surface area contributed by atoms with Crippen molar-refractivity contribution >= 4 is 11.4 Å². The molecule has 0 bridgehead atoms. The molecule has 2 nitrogen and oxygen atoms in total. The van der Waals surface area contributed by atoms with Crippen LogP contribution in [0.2, 0.25) is 0 Å². The Morgan fingerprint density at radius 3 is 2.10 bits per heavy atom. The Morgan fingerprint density at radius 1 is 0.667 bits per heavy atom. The molecule has 0 aliphatic carbocycles. The summed E-state index contributed by atoms with van der Waals surface area (Å²) in [4.78, 5) is 0. The molecule has 0 atom stereocenters. The van der Waals surface area contributed by atoms with E-state index in [1.54, 1.807) is 6.07 Å². The van der Waals surface area contributed by atoms with Crippen LogP contribution in [0.15, 0.2) is 78.9 Å². The van der Waals surface area contributed by atoms with Crippen molar-refractivity contribution in [2.45, 2.75) is 0 Å². The molecular formula is C19H14N2. The fourth-order valence-electron chi connectivity index (χ4n) is 2.21. The molecule has 0 aromatic heterocycles. The zero-order chi connectivity index (χ0) is 14.5. The van der Waals surface area contributed by atoms with Gasteiger partial charge in [0.2, 0.25) is 0 Å². The summed E-state index contributed by atoms with van der Waals surface area (Å²) in [5.74, 6) is 0. The van der Waals surface area contributed by atoms with Crippen molar-refractivity contribution in [1.29, 1.82) is 5.26 Å². The van der Waals surface area contributed by atoms with E-state index >= 15 is 0 Å². The molecule has 21 heavy (non-hydrogen) atoms. The standard InChI is InChI=1S/C19H14N2/c20-14-15-5-4-8-19(13-15)21-18-11-9-17(10-12-18)16-6-2-1-3-7-16/h1-13,21H. The molecule has 0 saturated heterocycles. The number of hydrogen-bond acceptors (Lipinski definition) is 2. The minimum Gasteiger partial charge on any atom is -0.355 e. The first-order valence-electron chi connectivity index (χ1n) is 6.78. The van der Waals surface area contributed by atoms with Crippen LogP contribution in [0.25, 0.3) is 11.1 Å². The van der Waals surface area contributed by atoms with Gasteiger partial charge in [-0.3, -0.25) is 0 Å². The summed E-state index contributed by atoms with van der Waals surface area (Å²) in [5.41, 5.74) is 4.97. The third-order valence-electron chi connectivity index (χ3n) is 3.27. The molecule has 3 rings (SSSR count). The highest BCUT2D eigenvalue weighted by Crippen LogP contribution is 2.23. The van der Waals surface area contributed by atoms with Gasteiger partial charge in [0.15, 0.2) is 0 Å². The molecule has 3 aromatic rings. The molecule has 2 heteroatoms. The van der Waals surface area contributed by atoms with E-state index in [1.165, 1.54) is 11.1 Å². The third-order valence-corrected chi connectivity index (χ3v) is 3.27. The fraction of sp³-hybridized carbons (Fsp3) is 0. The Balaban J connectivity index is 1.80. The SMILES string of the molecule is N#Cc1cccc(Nc2ccc(-c3ccccc3)cc2)c1. The van der Waals surface area contributed by atoms with E-state index in [-0.39, 0.29) is 0 Å². The van der Waals surface area contributed by atoms with Gasteiger partial charge >= 0.3 is 0 Å². The maximum atomic E-state index is 8.91. The summed E-state index contributed by atoms with van der Waals surface area (Å²) in [6.45, 7) is 0. The zero-order valence-corrected chi connectivity index (χ0v) is 11.5. The van der Waals surface area contributed by atoms with Gasteiger partial charge in [-0.2, -0.15) is 5.26 Å². The van der Waals surface area contributed by atoms with Crippen LogP contribution >= 0.6 is 0 Å².